The number of benzene rings is 3. The number of anilines is 1. The first kappa shape index (κ1) is 33.4. The van der Waals surface area contributed by atoms with Crippen LogP contribution < -0.4 is 9.62 Å². The van der Waals surface area contributed by atoms with E-state index in [4.69, 9.17) is 23.2 Å². The highest BCUT2D eigenvalue weighted by Gasteiger charge is 2.31. The third-order valence-corrected chi connectivity index (χ3v) is 8.66. The van der Waals surface area contributed by atoms with E-state index < -0.39 is 21.9 Å². The molecule has 3 aromatic rings. The van der Waals surface area contributed by atoms with Gasteiger partial charge < -0.3 is 10.2 Å². The predicted molar refractivity (Wildman–Crippen MR) is 167 cm³/mol. The lowest BCUT2D eigenvalue weighted by atomic mass is 10.0. The molecule has 3 aromatic carbocycles. The maximum absolute atomic E-state index is 13.9. The Morgan fingerprint density at radius 1 is 0.929 bits per heavy atom. The van der Waals surface area contributed by atoms with Gasteiger partial charge in [0.2, 0.25) is 21.8 Å². The molecule has 11 heteroatoms. The standard InChI is InChI=1S/C31H36Cl2FN3O4S/c1-3-4-19-35-31(39)29(21-23-10-6-5-7-11-23)36(22-26-27(32)12-8-13-28(26)33)30(38)14-9-20-37(42(2,40)41)25-17-15-24(34)16-18-25/h5-8,10-13,15-18,29H,3-4,9,14,19-22H2,1-2H3,(H,35,39)/t29-/m1/s1. The lowest BCUT2D eigenvalue weighted by Crippen LogP contribution is -2.50. The number of sulfonamides is 1. The summed E-state index contributed by atoms with van der Waals surface area (Å²) in [5.41, 5.74) is 1.68. The number of carbonyl (C=O) groups excluding carboxylic acids is 2. The molecular formula is C31H36Cl2FN3O4S. The van der Waals surface area contributed by atoms with Gasteiger partial charge in [-0.15, -0.1) is 0 Å². The molecule has 1 atom stereocenters. The van der Waals surface area contributed by atoms with Crippen LogP contribution in [0.15, 0.2) is 72.8 Å². The minimum atomic E-state index is -3.71. The molecule has 3 rings (SSSR count). The molecule has 0 fully saturated rings. The molecule has 0 heterocycles. The molecule has 226 valence electrons. The SMILES string of the molecule is CCCCNC(=O)[C@@H](Cc1ccccc1)N(Cc1c(Cl)cccc1Cl)C(=O)CCCN(c1ccc(F)cc1)S(C)(=O)=O. The normalized spacial score (nSPS) is 12.0. The van der Waals surface area contributed by atoms with Crippen LogP contribution >= 0.6 is 23.2 Å². The lowest BCUT2D eigenvalue weighted by molar-refractivity contribution is -0.141. The van der Waals surface area contributed by atoms with E-state index in [2.05, 4.69) is 5.32 Å². The Balaban J connectivity index is 1.91. The summed E-state index contributed by atoms with van der Waals surface area (Å²) < 4.78 is 39.6. The Morgan fingerprint density at radius 3 is 2.17 bits per heavy atom. The van der Waals surface area contributed by atoms with Gasteiger partial charge in [-0.2, -0.15) is 0 Å². The summed E-state index contributed by atoms with van der Waals surface area (Å²) in [6, 6.07) is 18.7. The van der Waals surface area contributed by atoms with E-state index in [1.165, 1.54) is 29.2 Å². The molecule has 0 spiro atoms. The molecule has 1 N–H and O–H groups in total. The highest BCUT2D eigenvalue weighted by molar-refractivity contribution is 7.92. The number of nitrogens with zero attached hydrogens (tertiary/aromatic N) is 2. The number of unbranched alkanes of at least 4 members (excludes halogenated alkanes) is 1. The summed E-state index contributed by atoms with van der Waals surface area (Å²) in [5, 5.41) is 3.69. The quantitative estimate of drug-likeness (QED) is 0.200. The summed E-state index contributed by atoms with van der Waals surface area (Å²) in [6.07, 6.45) is 3.11. The first-order valence-corrected chi connectivity index (χ1v) is 16.4. The van der Waals surface area contributed by atoms with Crippen LogP contribution in [0.2, 0.25) is 10.0 Å². The molecule has 42 heavy (non-hydrogen) atoms. The number of hydrogen-bond donors (Lipinski definition) is 1. The fourth-order valence-electron chi connectivity index (χ4n) is 4.53. The molecule has 0 unspecified atom stereocenters. The molecule has 0 saturated heterocycles. The van der Waals surface area contributed by atoms with Crippen molar-refractivity contribution in [3.8, 4) is 0 Å². The van der Waals surface area contributed by atoms with Crippen molar-refractivity contribution in [1.29, 1.82) is 0 Å². The summed E-state index contributed by atoms with van der Waals surface area (Å²) in [7, 11) is -3.71. The van der Waals surface area contributed by atoms with Crippen LogP contribution in [0.25, 0.3) is 0 Å². The van der Waals surface area contributed by atoms with E-state index in [-0.39, 0.29) is 44.2 Å². The van der Waals surface area contributed by atoms with Gasteiger partial charge in [0, 0.05) is 48.1 Å². The average Bonchev–Trinajstić information content (AvgIpc) is 2.95. The maximum Gasteiger partial charge on any atom is 0.243 e. The van der Waals surface area contributed by atoms with Gasteiger partial charge in [0.05, 0.1) is 11.9 Å². The van der Waals surface area contributed by atoms with E-state index in [1.807, 2.05) is 37.3 Å². The van der Waals surface area contributed by atoms with Gasteiger partial charge in [-0.1, -0.05) is 72.9 Å². The fourth-order valence-corrected chi connectivity index (χ4v) is 6.01. The topological polar surface area (TPSA) is 86.8 Å². The van der Waals surface area contributed by atoms with Crippen molar-refractivity contribution in [2.45, 2.75) is 51.6 Å². The largest absolute Gasteiger partial charge is 0.354 e. The van der Waals surface area contributed by atoms with E-state index in [1.54, 1.807) is 18.2 Å². The summed E-state index contributed by atoms with van der Waals surface area (Å²) in [4.78, 5) is 28.9. The summed E-state index contributed by atoms with van der Waals surface area (Å²) in [5.74, 6) is -1.14. The minimum Gasteiger partial charge on any atom is -0.354 e. The van der Waals surface area contributed by atoms with Gasteiger partial charge in [0.25, 0.3) is 0 Å². The molecule has 0 aliphatic heterocycles. The monoisotopic (exact) mass is 635 g/mol. The summed E-state index contributed by atoms with van der Waals surface area (Å²) in [6.45, 7) is 2.47. The smallest absolute Gasteiger partial charge is 0.243 e. The van der Waals surface area contributed by atoms with Crippen molar-refractivity contribution in [3.63, 3.8) is 0 Å². The van der Waals surface area contributed by atoms with Gasteiger partial charge in [0.1, 0.15) is 11.9 Å². The van der Waals surface area contributed by atoms with Crippen LogP contribution in [-0.4, -0.2) is 50.5 Å². The van der Waals surface area contributed by atoms with Crippen molar-refractivity contribution < 1.29 is 22.4 Å². The third-order valence-electron chi connectivity index (χ3n) is 6.76. The molecule has 2 amide bonds. The number of hydrogen-bond acceptors (Lipinski definition) is 4. The average molecular weight is 637 g/mol. The lowest BCUT2D eigenvalue weighted by Gasteiger charge is -2.32. The maximum atomic E-state index is 13.9. The van der Waals surface area contributed by atoms with Gasteiger partial charge in [-0.3, -0.25) is 13.9 Å². The zero-order valence-electron chi connectivity index (χ0n) is 23.7. The number of halogens is 3. The predicted octanol–water partition coefficient (Wildman–Crippen LogP) is 6.24. The van der Waals surface area contributed by atoms with Crippen molar-refractivity contribution in [1.82, 2.24) is 10.2 Å². The highest BCUT2D eigenvalue weighted by Crippen LogP contribution is 2.28. The van der Waals surface area contributed by atoms with Crippen molar-refractivity contribution in [2.24, 2.45) is 0 Å². The van der Waals surface area contributed by atoms with Crippen molar-refractivity contribution in [2.75, 3.05) is 23.7 Å². The zero-order valence-corrected chi connectivity index (χ0v) is 26.1. The van der Waals surface area contributed by atoms with Crippen LogP contribution in [0.5, 0.6) is 0 Å². The number of amides is 2. The Bertz CT molecular complexity index is 1420. The zero-order chi connectivity index (χ0) is 30.7. The molecule has 0 bridgehead atoms. The van der Waals surface area contributed by atoms with Gasteiger partial charge in [-0.05, 0) is 54.8 Å². The molecule has 0 aliphatic carbocycles. The van der Waals surface area contributed by atoms with Crippen LogP contribution in [0.1, 0.15) is 43.7 Å². The first-order chi connectivity index (χ1) is 20.0. The number of carbonyl (C=O) groups is 2. The third kappa shape index (κ3) is 9.71. The van der Waals surface area contributed by atoms with Crippen LogP contribution in [-0.2, 0) is 32.6 Å². The van der Waals surface area contributed by atoms with Gasteiger partial charge >= 0.3 is 0 Å². The molecular weight excluding hydrogens is 600 g/mol. The highest BCUT2D eigenvalue weighted by atomic mass is 35.5. The van der Waals surface area contributed by atoms with Crippen LogP contribution in [0, 0.1) is 5.82 Å². The van der Waals surface area contributed by atoms with Crippen molar-refractivity contribution in [3.05, 3.63) is 99.8 Å². The Morgan fingerprint density at radius 2 is 1.57 bits per heavy atom. The van der Waals surface area contributed by atoms with Crippen LogP contribution in [0.3, 0.4) is 0 Å². The molecule has 0 saturated carbocycles. The van der Waals surface area contributed by atoms with E-state index in [9.17, 15) is 22.4 Å². The number of nitrogens with one attached hydrogen (secondary N) is 1. The van der Waals surface area contributed by atoms with Crippen LogP contribution in [0.4, 0.5) is 10.1 Å². The van der Waals surface area contributed by atoms with Gasteiger partial charge in [0.15, 0.2) is 0 Å². The van der Waals surface area contributed by atoms with E-state index >= 15 is 0 Å². The Labute approximate surface area is 257 Å². The molecule has 7 nitrogen and oxygen atoms in total. The second-order valence-corrected chi connectivity index (χ2v) is 12.7. The Hall–Kier alpha value is -3.14. The second-order valence-electron chi connectivity index (χ2n) is 9.99. The number of rotatable bonds is 15. The fraction of sp³-hybridized carbons (Fsp3) is 0.355. The van der Waals surface area contributed by atoms with Gasteiger partial charge in [-0.25, -0.2) is 12.8 Å². The minimum absolute atomic E-state index is 0.0101. The first-order valence-electron chi connectivity index (χ1n) is 13.8. The van der Waals surface area contributed by atoms with E-state index in [0.717, 1.165) is 29.0 Å². The van der Waals surface area contributed by atoms with E-state index in [0.29, 0.717) is 27.8 Å². The Kier molecular flexibility index (Phi) is 12.6. The molecule has 0 aromatic heterocycles. The molecule has 0 radical (unpaired) electrons. The van der Waals surface area contributed by atoms with Crippen molar-refractivity contribution >= 4 is 50.7 Å². The second kappa shape index (κ2) is 15.9. The summed E-state index contributed by atoms with van der Waals surface area (Å²) >= 11 is 13.0. The molecule has 0 aliphatic rings.